The molecule has 0 unspecified atom stereocenters. The van der Waals surface area contributed by atoms with Crippen molar-refractivity contribution in [2.75, 3.05) is 80.4 Å². The lowest BCUT2D eigenvalue weighted by atomic mass is 10.0. The Kier molecular flexibility index (Phi) is 15.5. The Hall–Kier alpha value is -0.150. The van der Waals surface area contributed by atoms with Crippen molar-refractivity contribution in [3.05, 3.63) is 0 Å². The molecule has 7 nitrogen and oxygen atoms in total. The quantitative estimate of drug-likeness (QED) is 0.179. The fraction of sp³-hybridized carbons (Fsp3) is 0.950. The van der Waals surface area contributed by atoms with Gasteiger partial charge in [0.25, 0.3) is 0 Å². The third-order valence-corrected chi connectivity index (χ3v) is 5.73. The van der Waals surface area contributed by atoms with Gasteiger partial charge >= 0.3 is 0 Å². The zero-order valence-corrected chi connectivity index (χ0v) is 20.7. The van der Waals surface area contributed by atoms with Crippen LogP contribution >= 0.6 is 23.6 Å². The van der Waals surface area contributed by atoms with Crippen LogP contribution in [-0.4, -0.2) is 105 Å². The molecule has 0 fully saturated rings. The van der Waals surface area contributed by atoms with Gasteiger partial charge < -0.3 is 23.6 Å². The van der Waals surface area contributed by atoms with E-state index in [-0.39, 0.29) is 11.4 Å². The van der Waals surface area contributed by atoms with Gasteiger partial charge in [-0.25, -0.2) is 0 Å². The van der Waals surface area contributed by atoms with Crippen molar-refractivity contribution in [3.8, 4) is 0 Å². The number of hydrogen-bond acceptors (Lipinski definition) is 5. The van der Waals surface area contributed by atoms with E-state index in [1.165, 1.54) is 6.42 Å². The first-order chi connectivity index (χ1) is 13.5. The Balaban J connectivity index is 3.57. The van der Waals surface area contributed by atoms with E-state index in [1.807, 2.05) is 13.8 Å². The highest BCUT2D eigenvalue weighted by molar-refractivity contribution is 6.34. The molecule has 0 heterocycles. The van der Waals surface area contributed by atoms with Crippen LogP contribution in [0, 0.1) is 0 Å². The molecule has 0 aliphatic rings. The van der Waals surface area contributed by atoms with Crippen LogP contribution in [0.5, 0.6) is 0 Å². The summed E-state index contributed by atoms with van der Waals surface area (Å²) in [5.41, 5.74) is -0.389. The number of ether oxygens (including phenoxy) is 3. The molecule has 0 aromatic heterocycles. The van der Waals surface area contributed by atoms with Gasteiger partial charge in [0.1, 0.15) is 6.54 Å². The molecule has 0 radical (unpaired) electrons. The summed E-state index contributed by atoms with van der Waals surface area (Å²) >= 11 is 11.6. The van der Waals surface area contributed by atoms with Gasteiger partial charge in [-0.1, -0.05) is 6.92 Å². The summed E-state index contributed by atoms with van der Waals surface area (Å²) in [6.45, 7) is 12.0. The van der Waals surface area contributed by atoms with Crippen molar-refractivity contribution in [3.63, 3.8) is 0 Å². The van der Waals surface area contributed by atoms with Crippen LogP contribution in [0.25, 0.3) is 0 Å². The normalized spacial score (nSPS) is 12.6. The second kappa shape index (κ2) is 15.6. The lowest BCUT2D eigenvalue weighted by Gasteiger charge is -2.29. The van der Waals surface area contributed by atoms with Gasteiger partial charge in [-0.05, 0) is 50.2 Å². The smallest absolute Gasteiger partial charge is 0.224 e. The Labute approximate surface area is 187 Å². The minimum atomic E-state index is -0.389. The van der Waals surface area contributed by atoms with Crippen LogP contribution in [-0.2, 0) is 19.0 Å². The number of carbonyl (C=O) groups is 1. The molecule has 0 aliphatic heterocycles. The van der Waals surface area contributed by atoms with E-state index in [4.69, 9.17) is 37.8 Å². The highest BCUT2D eigenvalue weighted by atomic mass is 35.5. The maximum atomic E-state index is 12.1. The summed E-state index contributed by atoms with van der Waals surface area (Å²) < 4.78 is 18.7. The number of halogens is 2. The maximum absolute atomic E-state index is 12.1. The van der Waals surface area contributed by atoms with Gasteiger partial charge in [-0.3, -0.25) is 4.79 Å². The van der Waals surface area contributed by atoms with Crippen molar-refractivity contribution in [2.24, 2.45) is 0 Å². The first-order valence-electron chi connectivity index (χ1n) is 10.4. The lowest BCUT2D eigenvalue weighted by molar-refractivity contribution is -0.890. The number of hydrogen-bond donors (Lipinski definition) is 0. The number of carbonyl (C=O) groups excluding carboxylic acids is 1. The van der Waals surface area contributed by atoms with Crippen LogP contribution in [0.2, 0.25) is 0 Å². The SMILES string of the molecule is CCC[N+](C)(C)CCOCCOCCOCCC(=O)N(C)CCC(C)(C)N(Cl)Cl. The fourth-order valence-electron chi connectivity index (χ4n) is 2.57. The number of amides is 1. The maximum Gasteiger partial charge on any atom is 0.224 e. The molecule has 0 N–H and O–H groups in total. The lowest BCUT2D eigenvalue weighted by Crippen LogP contribution is -2.42. The first-order valence-corrected chi connectivity index (χ1v) is 11.1. The van der Waals surface area contributed by atoms with Crippen LogP contribution in [0.1, 0.15) is 40.0 Å². The summed E-state index contributed by atoms with van der Waals surface area (Å²) in [6, 6.07) is 0. The van der Waals surface area contributed by atoms with E-state index in [1.54, 1.807) is 11.9 Å². The van der Waals surface area contributed by atoms with Crippen LogP contribution < -0.4 is 0 Å². The molecule has 0 aromatic carbocycles. The summed E-state index contributed by atoms with van der Waals surface area (Å²) in [4.78, 5) is 13.8. The zero-order chi connectivity index (χ0) is 22.3. The standard InChI is InChI=1S/C20H42Cl2N3O4/c1-7-11-25(5,6)12-14-28-16-18-29-17-15-27-13-8-19(26)23(4)10-9-20(2,3)24(21)22/h7-18H2,1-6H3/q+1. The second-order valence-corrected chi connectivity index (χ2v) is 9.43. The molecule has 29 heavy (non-hydrogen) atoms. The van der Waals surface area contributed by atoms with Gasteiger partial charge in [-0.15, -0.1) is 3.94 Å². The van der Waals surface area contributed by atoms with Gasteiger partial charge in [0, 0.05) is 19.1 Å². The number of likely N-dealkylation sites (N-methyl/N-ethyl adjacent to an activating group) is 1. The Morgan fingerprint density at radius 2 is 1.45 bits per heavy atom. The van der Waals surface area contributed by atoms with Crippen LogP contribution in [0.15, 0.2) is 0 Å². The van der Waals surface area contributed by atoms with Crippen molar-refractivity contribution in [2.45, 2.75) is 45.6 Å². The van der Waals surface area contributed by atoms with Crippen molar-refractivity contribution < 1.29 is 23.5 Å². The van der Waals surface area contributed by atoms with Gasteiger partial charge in [0.05, 0.1) is 66.7 Å². The van der Waals surface area contributed by atoms with Crippen molar-refractivity contribution in [1.82, 2.24) is 8.84 Å². The van der Waals surface area contributed by atoms with E-state index in [0.717, 1.165) is 28.1 Å². The molecule has 0 bridgehead atoms. The molecule has 0 aromatic rings. The third kappa shape index (κ3) is 15.3. The summed E-state index contributed by atoms with van der Waals surface area (Å²) in [7, 11) is 6.21. The zero-order valence-electron chi connectivity index (χ0n) is 19.2. The van der Waals surface area contributed by atoms with E-state index in [0.29, 0.717) is 52.4 Å². The molecule has 0 saturated carbocycles. The Morgan fingerprint density at radius 1 is 0.931 bits per heavy atom. The predicted molar refractivity (Wildman–Crippen MR) is 119 cm³/mol. The molecule has 0 spiro atoms. The highest BCUT2D eigenvalue weighted by Gasteiger charge is 2.25. The second-order valence-electron chi connectivity index (χ2n) is 8.58. The average molecular weight is 459 g/mol. The molecule has 174 valence electrons. The van der Waals surface area contributed by atoms with Gasteiger partial charge in [0.15, 0.2) is 0 Å². The monoisotopic (exact) mass is 458 g/mol. The van der Waals surface area contributed by atoms with Crippen molar-refractivity contribution >= 4 is 29.5 Å². The predicted octanol–water partition coefficient (Wildman–Crippen LogP) is 3.15. The van der Waals surface area contributed by atoms with E-state index >= 15 is 0 Å². The first kappa shape index (κ1) is 28.9. The summed E-state index contributed by atoms with van der Waals surface area (Å²) in [6.07, 6.45) is 2.20. The molecular weight excluding hydrogens is 417 g/mol. The molecule has 0 saturated heterocycles. The summed E-state index contributed by atoms with van der Waals surface area (Å²) in [5, 5.41) is 0. The third-order valence-electron chi connectivity index (χ3n) is 4.82. The molecule has 1 amide bonds. The minimum Gasteiger partial charge on any atom is -0.379 e. The topological polar surface area (TPSA) is 51.2 Å². The molecule has 9 heteroatoms. The number of quaternary nitrogens is 1. The Morgan fingerprint density at radius 3 is 1.97 bits per heavy atom. The average Bonchev–Trinajstić information content (AvgIpc) is 2.63. The molecule has 0 atom stereocenters. The van der Waals surface area contributed by atoms with Crippen LogP contribution in [0.4, 0.5) is 0 Å². The highest BCUT2D eigenvalue weighted by Crippen LogP contribution is 2.23. The molecule has 0 aliphatic carbocycles. The van der Waals surface area contributed by atoms with E-state index in [9.17, 15) is 4.79 Å². The number of nitrogens with zero attached hydrogens (tertiary/aromatic N) is 3. The van der Waals surface area contributed by atoms with Crippen molar-refractivity contribution in [1.29, 1.82) is 0 Å². The van der Waals surface area contributed by atoms with Gasteiger partial charge in [0.2, 0.25) is 5.91 Å². The van der Waals surface area contributed by atoms with Crippen LogP contribution in [0.3, 0.4) is 0 Å². The fourth-order valence-corrected chi connectivity index (χ4v) is 2.74. The number of rotatable bonds is 18. The summed E-state index contributed by atoms with van der Waals surface area (Å²) in [5.74, 6) is 0.0372. The Bertz CT molecular complexity index is 438. The molecular formula is C20H42Cl2N3O4+. The van der Waals surface area contributed by atoms with Gasteiger partial charge in [-0.2, -0.15) is 0 Å². The van der Waals surface area contributed by atoms with E-state index in [2.05, 4.69) is 21.0 Å². The minimum absolute atomic E-state index is 0.0372. The largest absolute Gasteiger partial charge is 0.379 e. The molecule has 0 rings (SSSR count). The van der Waals surface area contributed by atoms with E-state index < -0.39 is 0 Å².